The Hall–Kier alpha value is -2.69. The van der Waals surface area contributed by atoms with Crippen molar-refractivity contribution in [3.05, 3.63) is 41.0 Å². The SMILES string of the molecule is COCC(O)C#Cc1cc2c(cc1F)C1CC(C1)n1cc(C(N)=O)nc1-2. The fourth-order valence-electron chi connectivity index (χ4n) is 3.64. The molecule has 1 atom stereocenters. The number of halogens is 1. The number of aliphatic hydroxyl groups excluding tert-OH is 1. The highest BCUT2D eigenvalue weighted by Gasteiger charge is 2.39. The Balaban J connectivity index is 1.83. The Kier molecular flexibility index (Phi) is 4.02. The number of rotatable bonds is 3. The fraction of sp³-hybridized carbons (Fsp3) is 0.368. The second kappa shape index (κ2) is 6.24. The van der Waals surface area contributed by atoms with Crippen LogP contribution in [0.5, 0.6) is 0 Å². The van der Waals surface area contributed by atoms with Crippen molar-refractivity contribution in [3.63, 3.8) is 0 Å². The summed E-state index contributed by atoms with van der Waals surface area (Å²) >= 11 is 0. The second-order valence-electron chi connectivity index (χ2n) is 6.70. The van der Waals surface area contributed by atoms with E-state index in [0.29, 0.717) is 5.82 Å². The molecule has 0 saturated heterocycles. The summed E-state index contributed by atoms with van der Waals surface area (Å²) in [5.74, 6) is 5.10. The summed E-state index contributed by atoms with van der Waals surface area (Å²) in [6.07, 6.45) is 2.44. The van der Waals surface area contributed by atoms with Crippen molar-refractivity contribution < 1.29 is 19.0 Å². The molecule has 134 valence electrons. The highest BCUT2D eigenvalue weighted by molar-refractivity contribution is 5.91. The molecule has 2 aromatic rings. The van der Waals surface area contributed by atoms with Crippen LogP contribution in [-0.2, 0) is 4.74 Å². The van der Waals surface area contributed by atoms with Gasteiger partial charge in [0.15, 0.2) is 0 Å². The molecule has 1 unspecified atom stereocenters. The second-order valence-corrected chi connectivity index (χ2v) is 6.70. The first-order chi connectivity index (χ1) is 12.5. The maximum Gasteiger partial charge on any atom is 0.268 e. The number of carbonyl (C=O) groups excluding carboxylic acids is 1. The third-order valence-corrected chi connectivity index (χ3v) is 5.01. The zero-order valence-electron chi connectivity index (χ0n) is 14.2. The molecule has 1 fully saturated rings. The topological polar surface area (TPSA) is 90.4 Å². The van der Waals surface area contributed by atoms with E-state index >= 15 is 0 Å². The van der Waals surface area contributed by atoms with Crippen LogP contribution < -0.4 is 5.73 Å². The van der Waals surface area contributed by atoms with Gasteiger partial charge in [0.05, 0.1) is 12.2 Å². The van der Waals surface area contributed by atoms with Gasteiger partial charge in [-0.1, -0.05) is 11.8 Å². The molecular formula is C19H18FN3O3. The fourth-order valence-corrected chi connectivity index (χ4v) is 3.64. The van der Waals surface area contributed by atoms with E-state index < -0.39 is 17.8 Å². The number of hydrogen-bond donors (Lipinski definition) is 2. The summed E-state index contributed by atoms with van der Waals surface area (Å²) in [7, 11) is 1.45. The maximum absolute atomic E-state index is 14.5. The number of primary amides is 1. The lowest BCUT2D eigenvalue weighted by Gasteiger charge is -2.34. The molecule has 0 radical (unpaired) electrons. The zero-order chi connectivity index (χ0) is 18.4. The van der Waals surface area contributed by atoms with Crippen molar-refractivity contribution in [1.29, 1.82) is 0 Å². The van der Waals surface area contributed by atoms with Gasteiger partial charge in [-0.15, -0.1) is 0 Å². The highest BCUT2D eigenvalue weighted by atomic mass is 19.1. The molecule has 3 heterocycles. The molecule has 1 amide bonds. The van der Waals surface area contributed by atoms with Crippen LogP contribution >= 0.6 is 0 Å². The third-order valence-electron chi connectivity index (χ3n) is 5.01. The number of ether oxygens (including phenoxy) is 1. The van der Waals surface area contributed by atoms with E-state index in [1.807, 2.05) is 4.57 Å². The zero-order valence-corrected chi connectivity index (χ0v) is 14.2. The number of nitrogens with zero attached hydrogens (tertiary/aromatic N) is 2. The molecule has 2 bridgehead atoms. The molecule has 1 aromatic carbocycles. The predicted molar refractivity (Wildman–Crippen MR) is 91.9 cm³/mol. The number of aliphatic hydroxyl groups is 1. The van der Waals surface area contributed by atoms with Crippen LogP contribution in [0.2, 0.25) is 0 Å². The molecule has 3 aliphatic rings. The van der Waals surface area contributed by atoms with E-state index in [0.717, 1.165) is 24.0 Å². The summed E-state index contributed by atoms with van der Waals surface area (Å²) in [6, 6.07) is 3.38. The van der Waals surface area contributed by atoms with Crippen LogP contribution in [-0.4, -0.2) is 40.4 Å². The number of aromatic nitrogens is 2. The lowest BCUT2D eigenvalue weighted by Crippen LogP contribution is -2.22. The van der Waals surface area contributed by atoms with E-state index in [2.05, 4.69) is 16.8 Å². The van der Waals surface area contributed by atoms with Crippen LogP contribution in [0.15, 0.2) is 18.3 Å². The van der Waals surface area contributed by atoms with Crippen molar-refractivity contribution in [1.82, 2.24) is 9.55 Å². The van der Waals surface area contributed by atoms with E-state index in [1.54, 1.807) is 12.3 Å². The maximum atomic E-state index is 14.5. The molecule has 3 N–H and O–H groups in total. The highest BCUT2D eigenvalue weighted by Crippen LogP contribution is 2.52. The van der Waals surface area contributed by atoms with Gasteiger partial charge < -0.3 is 20.1 Å². The summed E-state index contributed by atoms with van der Waals surface area (Å²) in [6.45, 7) is 0.0513. The monoisotopic (exact) mass is 355 g/mol. The van der Waals surface area contributed by atoms with Crippen LogP contribution in [0.25, 0.3) is 11.4 Å². The molecule has 6 nitrogen and oxygen atoms in total. The molecule has 0 spiro atoms. The minimum atomic E-state index is -0.991. The van der Waals surface area contributed by atoms with Gasteiger partial charge in [-0.25, -0.2) is 9.37 Å². The number of hydrogen-bond acceptors (Lipinski definition) is 4. The summed E-state index contributed by atoms with van der Waals surface area (Å²) in [5.41, 5.74) is 7.38. The number of imidazole rings is 1. The molecular weight excluding hydrogens is 337 g/mol. The van der Waals surface area contributed by atoms with Crippen LogP contribution in [0.3, 0.4) is 0 Å². The molecule has 5 rings (SSSR count). The Morgan fingerprint density at radius 3 is 3.00 bits per heavy atom. The van der Waals surface area contributed by atoms with Crippen molar-refractivity contribution in [2.24, 2.45) is 5.73 Å². The van der Waals surface area contributed by atoms with Gasteiger partial charge in [-0.05, 0) is 36.5 Å². The van der Waals surface area contributed by atoms with Crippen molar-refractivity contribution in [2.75, 3.05) is 13.7 Å². The van der Waals surface area contributed by atoms with E-state index in [1.165, 1.54) is 13.2 Å². The average molecular weight is 355 g/mol. The largest absolute Gasteiger partial charge is 0.381 e. The van der Waals surface area contributed by atoms with Gasteiger partial charge in [0.2, 0.25) is 0 Å². The third kappa shape index (κ3) is 2.68. The van der Waals surface area contributed by atoms with Gasteiger partial charge >= 0.3 is 0 Å². The first-order valence-corrected chi connectivity index (χ1v) is 8.39. The Bertz CT molecular complexity index is 951. The van der Waals surface area contributed by atoms with Crippen LogP contribution in [0.4, 0.5) is 4.39 Å². The number of methoxy groups -OCH3 is 1. The Morgan fingerprint density at radius 1 is 1.54 bits per heavy atom. The minimum absolute atomic E-state index is 0.0513. The first-order valence-electron chi connectivity index (χ1n) is 8.39. The standard InChI is InChI=1S/C19H18FN3O3/c1-26-9-13(24)3-2-10-6-15-14(7-16(10)20)11-4-12(5-11)23-8-17(18(21)25)22-19(15)23/h6-8,11-13,24H,4-5,9H2,1H3,(H2,21,25). The number of amides is 1. The van der Waals surface area contributed by atoms with Crippen molar-refractivity contribution in [3.8, 4) is 23.2 Å². The van der Waals surface area contributed by atoms with Gasteiger partial charge in [0.25, 0.3) is 5.91 Å². The van der Waals surface area contributed by atoms with Gasteiger partial charge in [0, 0.05) is 24.9 Å². The number of benzene rings is 1. The molecule has 2 aliphatic heterocycles. The van der Waals surface area contributed by atoms with Gasteiger partial charge in [-0.3, -0.25) is 4.79 Å². The smallest absolute Gasteiger partial charge is 0.268 e. The predicted octanol–water partition coefficient (Wildman–Crippen LogP) is 1.58. The van der Waals surface area contributed by atoms with Gasteiger partial charge in [0.1, 0.15) is 23.4 Å². The molecule has 1 saturated carbocycles. The first kappa shape index (κ1) is 16.8. The minimum Gasteiger partial charge on any atom is -0.381 e. The van der Waals surface area contributed by atoms with Gasteiger partial charge in [-0.2, -0.15) is 0 Å². The van der Waals surface area contributed by atoms with Crippen LogP contribution in [0.1, 0.15) is 46.4 Å². The quantitative estimate of drug-likeness (QED) is 0.818. The summed E-state index contributed by atoms with van der Waals surface area (Å²) in [4.78, 5) is 15.9. The molecule has 7 heteroatoms. The lowest BCUT2D eigenvalue weighted by atomic mass is 9.75. The summed E-state index contributed by atoms with van der Waals surface area (Å²) in [5, 5.41) is 9.67. The lowest BCUT2D eigenvalue weighted by molar-refractivity contribution is 0.0986. The average Bonchev–Trinajstić information content (AvgIpc) is 2.89. The van der Waals surface area contributed by atoms with Crippen molar-refractivity contribution in [2.45, 2.75) is 30.9 Å². The number of carbonyl (C=O) groups is 1. The Labute approximate surface area is 149 Å². The molecule has 1 aromatic heterocycles. The van der Waals surface area contributed by atoms with Crippen LogP contribution in [0, 0.1) is 17.7 Å². The molecule has 26 heavy (non-hydrogen) atoms. The van der Waals surface area contributed by atoms with E-state index in [-0.39, 0.29) is 29.8 Å². The Morgan fingerprint density at radius 2 is 2.31 bits per heavy atom. The van der Waals surface area contributed by atoms with E-state index in [9.17, 15) is 14.3 Å². The normalized spacial score (nSPS) is 20.7. The van der Waals surface area contributed by atoms with E-state index in [4.69, 9.17) is 10.5 Å². The van der Waals surface area contributed by atoms with Crippen molar-refractivity contribution >= 4 is 5.91 Å². The molecule has 1 aliphatic carbocycles. The number of nitrogens with two attached hydrogens (primary N) is 1. The summed E-state index contributed by atoms with van der Waals surface area (Å²) < 4.78 is 21.3.